The molecule has 4 rings (SSSR count). The highest BCUT2D eigenvalue weighted by Crippen LogP contribution is 2.26. The van der Waals surface area contributed by atoms with Crippen molar-refractivity contribution in [2.24, 2.45) is 0 Å². The maximum Gasteiger partial charge on any atom is 0.317 e. The number of fused-ring (bicyclic) bond motifs is 1. The number of rotatable bonds is 3. The van der Waals surface area contributed by atoms with Crippen molar-refractivity contribution in [3.05, 3.63) is 64.7 Å². The lowest BCUT2D eigenvalue weighted by atomic mass is 10.00. The van der Waals surface area contributed by atoms with Crippen LogP contribution in [0.4, 0.5) is 10.5 Å². The molecule has 0 aliphatic carbocycles. The molecule has 6 nitrogen and oxygen atoms in total. The van der Waals surface area contributed by atoms with Gasteiger partial charge in [0.2, 0.25) is 5.91 Å². The molecule has 0 unspecified atom stereocenters. The molecule has 7 heteroatoms. The second-order valence-corrected chi connectivity index (χ2v) is 7.83. The van der Waals surface area contributed by atoms with Crippen LogP contribution in [0.5, 0.6) is 0 Å². The number of nitrogens with zero attached hydrogens (tertiary/aromatic N) is 3. The van der Waals surface area contributed by atoms with Crippen molar-refractivity contribution >= 4 is 29.2 Å². The summed E-state index contributed by atoms with van der Waals surface area (Å²) in [5.41, 5.74) is 3.49. The van der Waals surface area contributed by atoms with Crippen LogP contribution in [-0.2, 0) is 17.8 Å². The van der Waals surface area contributed by atoms with Crippen molar-refractivity contribution < 1.29 is 9.59 Å². The Kier molecular flexibility index (Phi) is 5.90. The van der Waals surface area contributed by atoms with Crippen LogP contribution in [-0.4, -0.2) is 61.0 Å². The van der Waals surface area contributed by atoms with Gasteiger partial charge in [0.15, 0.2) is 0 Å². The van der Waals surface area contributed by atoms with Crippen LogP contribution in [0.1, 0.15) is 11.1 Å². The van der Waals surface area contributed by atoms with Gasteiger partial charge in [-0.1, -0.05) is 48.0 Å². The summed E-state index contributed by atoms with van der Waals surface area (Å²) in [4.78, 5) is 30.8. The number of hydrogen-bond donors (Lipinski definition) is 1. The van der Waals surface area contributed by atoms with Crippen molar-refractivity contribution in [3.8, 4) is 0 Å². The van der Waals surface area contributed by atoms with Crippen LogP contribution in [0, 0.1) is 0 Å². The van der Waals surface area contributed by atoms with E-state index in [2.05, 4.69) is 22.3 Å². The number of piperazine rings is 1. The molecular weight excluding hydrogens is 388 g/mol. The Morgan fingerprint density at radius 1 is 0.862 bits per heavy atom. The molecule has 3 amide bonds. The van der Waals surface area contributed by atoms with E-state index in [-0.39, 0.29) is 18.5 Å². The van der Waals surface area contributed by atoms with E-state index < -0.39 is 0 Å². The lowest BCUT2D eigenvalue weighted by Gasteiger charge is -2.36. The number of hydrogen-bond acceptors (Lipinski definition) is 3. The monoisotopic (exact) mass is 412 g/mol. The van der Waals surface area contributed by atoms with Crippen molar-refractivity contribution in [2.45, 2.75) is 13.0 Å². The van der Waals surface area contributed by atoms with E-state index in [1.54, 1.807) is 4.90 Å². The fourth-order valence-corrected chi connectivity index (χ4v) is 4.20. The molecule has 1 N–H and O–H groups in total. The normalized spacial score (nSPS) is 16.4. The van der Waals surface area contributed by atoms with E-state index in [1.807, 2.05) is 41.3 Å². The highest BCUT2D eigenvalue weighted by Gasteiger charge is 2.24. The van der Waals surface area contributed by atoms with E-state index in [1.165, 1.54) is 11.1 Å². The summed E-state index contributed by atoms with van der Waals surface area (Å²) >= 11 is 6.27. The predicted octanol–water partition coefficient (Wildman–Crippen LogP) is 2.76. The quantitative estimate of drug-likeness (QED) is 0.843. The predicted molar refractivity (Wildman–Crippen MR) is 114 cm³/mol. The van der Waals surface area contributed by atoms with Crippen molar-refractivity contribution in [3.63, 3.8) is 0 Å². The first kappa shape index (κ1) is 19.6. The summed E-state index contributed by atoms with van der Waals surface area (Å²) in [6.45, 7) is 3.97. The van der Waals surface area contributed by atoms with E-state index in [0.29, 0.717) is 39.3 Å². The molecule has 2 aliphatic heterocycles. The van der Waals surface area contributed by atoms with Crippen LogP contribution in [0.25, 0.3) is 0 Å². The second kappa shape index (κ2) is 8.74. The SMILES string of the molecule is O=C(CNC(=O)N1CCN(c2ccccc2Cl)CC1)N1CCc2ccccc2C1. The molecule has 152 valence electrons. The minimum absolute atomic E-state index is 0.0335. The Balaban J connectivity index is 1.24. The first-order chi connectivity index (χ1) is 14.1. The Bertz CT molecular complexity index is 896. The van der Waals surface area contributed by atoms with Crippen molar-refractivity contribution in [1.82, 2.24) is 15.1 Å². The number of halogens is 1. The Morgan fingerprint density at radius 3 is 2.31 bits per heavy atom. The summed E-state index contributed by atoms with van der Waals surface area (Å²) in [7, 11) is 0. The molecule has 0 aromatic heterocycles. The van der Waals surface area contributed by atoms with Crippen LogP contribution in [0.15, 0.2) is 48.5 Å². The van der Waals surface area contributed by atoms with Crippen molar-refractivity contribution in [2.75, 3.05) is 44.2 Å². The number of amides is 3. The Morgan fingerprint density at radius 2 is 1.55 bits per heavy atom. The number of urea groups is 1. The van der Waals surface area contributed by atoms with Gasteiger partial charge in [0.1, 0.15) is 0 Å². The van der Waals surface area contributed by atoms with Gasteiger partial charge in [0.05, 0.1) is 17.3 Å². The van der Waals surface area contributed by atoms with Gasteiger partial charge in [-0.05, 0) is 29.7 Å². The molecule has 2 aromatic carbocycles. The van der Waals surface area contributed by atoms with E-state index in [0.717, 1.165) is 17.1 Å². The Hall–Kier alpha value is -2.73. The molecule has 2 heterocycles. The van der Waals surface area contributed by atoms with Gasteiger partial charge < -0.3 is 20.0 Å². The third-order valence-electron chi connectivity index (χ3n) is 5.63. The maximum absolute atomic E-state index is 12.5. The highest BCUT2D eigenvalue weighted by molar-refractivity contribution is 6.33. The Labute approximate surface area is 176 Å². The zero-order valence-electron chi connectivity index (χ0n) is 16.3. The topological polar surface area (TPSA) is 55.9 Å². The van der Waals surface area contributed by atoms with Crippen LogP contribution >= 0.6 is 11.6 Å². The average molecular weight is 413 g/mol. The van der Waals surface area contributed by atoms with Crippen LogP contribution in [0.3, 0.4) is 0 Å². The average Bonchev–Trinajstić information content (AvgIpc) is 2.77. The molecule has 1 saturated heterocycles. The number of anilines is 1. The van der Waals surface area contributed by atoms with Gasteiger partial charge >= 0.3 is 6.03 Å². The number of para-hydroxylation sites is 1. The summed E-state index contributed by atoms with van der Waals surface area (Å²) in [5, 5.41) is 3.51. The van der Waals surface area contributed by atoms with E-state index in [9.17, 15) is 9.59 Å². The number of carbonyl (C=O) groups is 2. The molecule has 29 heavy (non-hydrogen) atoms. The molecule has 0 saturated carbocycles. The minimum Gasteiger partial charge on any atom is -0.367 e. The molecule has 0 bridgehead atoms. The van der Waals surface area contributed by atoms with Gasteiger partial charge in [-0.3, -0.25) is 4.79 Å². The molecular formula is C22H25ClN4O2. The van der Waals surface area contributed by atoms with E-state index >= 15 is 0 Å². The molecule has 0 radical (unpaired) electrons. The number of nitrogens with one attached hydrogen (secondary N) is 1. The fraction of sp³-hybridized carbons (Fsp3) is 0.364. The molecule has 1 fully saturated rings. The van der Waals surface area contributed by atoms with Gasteiger partial charge in [-0.2, -0.15) is 0 Å². The van der Waals surface area contributed by atoms with E-state index in [4.69, 9.17) is 11.6 Å². The summed E-state index contributed by atoms with van der Waals surface area (Å²) in [5.74, 6) is -0.0393. The first-order valence-corrected chi connectivity index (χ1v) is 10.4. The third-order valence-corrected chi connectivity index (χ3v) is 5.95. The highest BCUT2D eigenvalue weighted by atomic mass is 35.5. The smallest absolute Gasteiger partial charge is 0.317 e. The summed E-state index contributed by atoms with van der Waals surface area (Å²) < 4.78 is 0. The number of carbonyl (C=O) groups excluding carboxylic acids is 2. The first-order valence-electron chi connectivity index (χ1n) is 9.98. The van der Waals surface area contributed by atoms with Gasteiger partial charge in [0.25, 0.3) is 0 Å². The van der Waals surface area contributed by atoms with Crippen LogP contribution in [0.2, 0.25) is 5.02 Å². The standard InChI is InChI=1S/C22H25ClN4O2/c23-19-7-3-4-8-20(19)25-11-13-26(14-12-25)22(29)24-15-21(28)27-10-9-17-5-1-2-6-18(17)16-27/h1-8H,9-16H2,(H,24,29). The third kappa shape index (κ3) is 4.48. The van der Waals surface area contributed by atoms with Crippen LogP contribution < -0.4 is 10.2 Å². The lowest BCUT2D eigenvalue weighted by Crippen LogP contribution is -2.53. The minimum atomic E-state index is -0.186. The lowest BCUT2D eigenvalue weighted by molar-refractivity contribution is -0.131. The molecule has 2 aliphatic rings. The summed E-state index contributed by atoms with van der Waals surface area (Å²) in [6, 6.07) is 15.8. The van der Waals surface area contributed by atoms with Gasteiger partial charge in [-0.15, -0.1) is 0 Å². The molecule has 2 aromatic rings. The zero-order chi connectivity index (χ0) is 20.2. The second-order valence-electron chi connectivity index (χ2n) is 7.42. The fourth-order valence-electron chi connectivity index (χ4n) is 3.94. The maximum atomic E-state index is 12.5. The van der Waals surface area contributed by atoms with Crippen molar-refractivity contribution in [1.29, 1.82) is 0 Å². The number of benzene rings is 2. The zero-order valence-corrected chi connectivity index (χ0v) is 17.1. The van der Waals surface area contributed by atoms with Gasteiger partial charge in [0, 0.05) is 39.3 Å². The molecule has 0 atom stereocenters. The van der Waals surface area contributed by atoms with Gasteiger partial charge in [-0.25, -0.2) is 4.79 Å². The summed E-state index contributed by atoms with van der Waals surface area (Å²) in [6.07, 6.45) is 0.861. The molecule has 0 spiro atoms. The largest absolute Gasteiger partial charge is 0.367 e.